The molecule has 0 fully saturated rings. The summed E-state index contributed by atoms with van der Waals surface area (Å²) in [6.07, 6.45) is 6.82. The summed E-state index contributed by atoms with van der Waals surface area (Å²) in [6.45, 7) is 0.423. The van der Waals surface area contributed by atoms with Crippen molar-refractivity contribution < 1.29 is 14.3 Å². The molecule has 1 aromatic carbocycles. The number of halogens is 1. The van der Waals surface area contributed by atoms with Gasteiger partial charge in [0.15, 0.2) is 0 Å². The highest BCUT2D eigenvalue weighted by Gasteiger charge is 2.17. The van der Waals surface area contributed by atoms with E-state index in [2.05, 4.69) is 5.92 Å². The van der Waals surface area contributed by atoms with E-state index in [9.17, 15) is 9.90 Å². The lowest BCUT2D eigenvalue weighted by atomic mass is 10.2. The number of carbonyl (C=O) groups is 1. The molecule has 2 rings (SSSR count). The quantitative estimate of drug-likeness (QED) is 0.881. The van der Waals surface area contributed by atoms with Crippen LogP contribution in [0.1, 0.15) is 16.1 Å². The summed E-state index contributed by atoms with van der Waals surface area (Å²) >= 11 is 5.80. The lowest BCUT2D eigenvalue weighted by Crippen LogP contribution is -2.30. The fourth-order valence-corrected chi connectivity index (χ4v) is 1.90. The lowest BCUT2D eigenvalue weighted by Gasteiger charge is -2.19. The van der Waals surface area contributed by atoms with Crippen LogP contribution in [0.2, 0.25) is 5.02 Å². The van der Waals surface area contributed by atoms with Gasteiger partial charge in [-0.2, -0.15) is 0 Å². The van der Waals surface area contributed by atoms with Gasteiger partial charge in [-0.15, -0.1) is 6.42 Å². The van der Waals surface area contributed by atoms with E-state index in [1.165, 1.54) is 29.4 Å². The van der Waals surface area contributed by atoms with Crippen molar-refractivity contribution in [1.29, 1.82) is 0 Å². The predicted molar refractivity (Wildman–Crippen MR) is 75.4 cm³/mol. The Morgan fingerprint density at radius 1 is 1.45 bits per heavy atom. The van der Waals surface area contributed by atoms with E-state index >= 15 is 0 Å². The van der Waals surface area contributed by atoms with Crippen molar-refractivity contribution in [3.8, 4) is 18.1 Å². The maximum atomic E-state index is 12.4. The van der Waals surface area contributed by atoms with Crippen molar-refractivity contribution in [3.63, 3.8) is 0 Å². The van der Waals surface area contributed by atoms with Crippen molar-refractivity contribution in [1.82, 2.24) is 4.90 Å². The Morgan fingerprint density at radius 2 is 2.25 bits per heavy atom. The molecular formula is C15H12ClNO3. The summed E-state index contributed by atoms with van der Waals surface area (Å²) < 4.78 is 5.21. The standard InChI is InChI=1S/C15H12ClNO3/c1-2-7-17(10-12-4-3-8-20-12)15(19)11-5-6-14(18)13(16)9-11/h1,3-6,8-9,18H,7,10H2. The Kier molecular flexibility index (Phi) is 4.34. The molecule has 0 bridgehead atoms. The van der Waals surface area contributed by atoms with E-state index in [4.69, 9.17) is 22.4 Å². The number of aromatic hydroxyl groups is 1. The summed E-state index contributed by atoms with van der Waals surface area (Å²) in [5.41, 5.74) is 0.356. The molecule has 1 N–H and O–H groups in total. The maximum absolute atomic E-state index is 12.4. The van der Waals surface area contributed by atoms with Gasteiger partial charge in [0.2, 0.25) is 0 Å². The van der Waals surface area contributed by atoms with Gasteiger partial charge in [-0.1, -0.05) is 17.5 Å². The molecule has 5 heteroatoms. The number of rotatable bonds is 4. The highest BCUT2D eigenvalue weighted by Crippen LogP contribution is 2.24. The third-order valence-electron chi connectivity index (χ3n) is 2.69. The number of hydrogen-bond acceptors (Lipinski definition) is 3. The van der Waals surface area contributed by atoms with E-state index in [1.54, 1.807) is 12.1 Å². The zero-order valence-corrected chi connectivity index (χ0v) is 11.3. The molecule has 0 aliphatic rings. The molecule has 1 aromatic heterocycles. The third-order valence-corrected chi connectivity index (χ3v) is 2.99. The van der Waals surface area contributed by atoms with Crippen LogP contribution in [-0.4, -0.2) is 22.5 Å². The molecule has 102 valence electrons. The number of phenolic OH excluding ortho intramolecular Hbond substituents is 1. The second-order valence-electron chi connectivity index (χ2n) is 4.11. The molecule has 4 nitrogen and oxygen atoms in total. The molecule has 1 heterocycles. The summed E-state index contributed by atoms with van der Waals surface area (Å²) in [7, 11) is 0. The number of furan rings is 1. The number of phenols is 1. The van der Waals surface area contributed by atoms with Gasteiger partial charge in [-0.3, -0.25) is 4.79 Å². The lowest BCUT2D eigenvalue weighted by molar-refractivity contribution is 0.0755. The average Bonchev–Trinajstić information content (AvgIpc) is 2.93. The van der Waals surface area contributed by atoms with E-state index in [1.807, 2.05) is 0 Å². The first-order valence-electron chi connectivity index (χ1n) is 5.85. The topological polar surface area (TPSA) is 53.7 Å². The van der Waals surface area contributed by atoms with Crippen molar-refractivity contribution in [2.24, 2.45) is 0 Å². The Bertz CT molecular complexity index is 644. The first kappa shape index (κ1) is 14.0. The van der Waals surface area contributed by atoms with Gasteiger partial charge in [0, 0.05) is 5.56 Å². The van der Waals surface area contributed by atoms with Crippen LogP contribution in [0.3, 0.4) is 0 Å². The monoisotopic (exact) mass is 289 g/mol. The molecule has 0 saturated carbocycles. The molecule has 0 spiro atoms. The van der Waals surface area contributed by atoms with E-state index in [0.29, 0.717) is 11.3 Å². The van der Waals surface area contributed by atoms with Gasteiger partial charge in [0.05, 0.1) is 24.4 Å². The summed E-state index contributed by atoms with van der Waals surface area (Å²) in [6, 6.07) is 7.78. The van der Waals surface area contributed by atoms with Crippen LogP contribution in [0.25, 0.3) is 0 Å². The molecule has 2 aromatic rings. The minimum Gasteiger partial charge on any atom is -0.506 e. The number of carbonyl (C=O) groups excluding carboxylic acids is 1. The number of amides is 1. The Labute approximate surface area is 121 Å². The summed E-state index contributed by atoms with van der Waals surface area (Å²) in [5, 5.41) is 9.49. The van der Waals surface area contributed by atoms with Gasteiger partial charge in [-0.05, 0) is 30.3 Å². The summed E-state index contributed by atoms with van der Waals surface area (Å²) in [4.78, 5) is 13.8. The van der Waals surface area contributed by atoms with Gasteiger partial charge >= 0.3 is 0 Å². The second kappa shape index (κ2) is 6.18. The third kappa shape index (κ3) is 3.14. The molecular weight excluding hydrogens is 278 g/mol. The van der Waals surface area contributed by atoms with Gasteiger partial charge in [0.1, 0.15) is 11.5 Å². The van der Waals surface area contributed by atoms with Crippen molar-refractivity contribution in [2.75, 3.05) is 6.54 Å². The first-order valence-corrected chi connectivity index (χ1v) is 6.23. The summed E-state index contributed by atoms with van der Waals surface area (Å²) in [5.74, 6) is 2.73. The van der Waals surface area contributed by atoms with Crippen LogP contribution in [-0.2, 0) is 6.54 Å². The van der Waals surface area contributed by atoms with Crippen LogP contribution in [0, 0.1) is 12.3 Å². The van der Waals surface area contributed by atoms with Crippen LogP contribution >= 0.6 is 11.6 Å². The number of terminal acetylenes is 1. The Hall–Kier alpha value is -2.38. The predicted octanol–water partition coefficient (Wildman–Crippen LogP) is 2.91. The van der Waals surface area contributed by atoms with Crippen LogP contribution in [0.15, 0.2) is 41.0 Å². The minimum absolute atomic E-state index is 0.0715. The largest absolute Gasteiger partial charge is 0.506 e. The zero-order chi connectivity index (χ0) is 14.5. The zero-order valence-electron chi connectivity index (χ0n) is 10.5. The molecule has 0 aliphatic heterocycles. The van der Waals surface area contributed by atoms with Crippen molar-refractivity contribution in [2.45, 2.75) is 6.54 Å². The average molecular weight is 290 g/mol. The molecule has 0 saturated heterocycles. The van der Waals surface area contributed by atoms with Gasteiger partial charge in [0.25, 0.3) is 5.91 Å². The van der Waals surface area contributed by atoms with Crippen molar-refractivity contribution in [3.05, 3.63) is 52.9 Å². The van der Waals surface area contributed by atoms with Crippen LogP contribution in [0.5, 0.6) is 5.75 Å². The SMILES string of the molecule is C#CCN(Cc1ccco1)C(=O)c1ccc(O)c(Cl)c1. The van der Waals surface area contributed by atoms with E-state index in [-0.39, 0.29) is 29.8 Å². The molecule has 20 heavy (non-hydrogen) atoms. The highest BCUT2D eigenvalue weighted by atomic mass is 35.5. The molecule has 0 atom stereocenters. The van der Waals surface area contributed by atoms with E-state index in [0.717, 1.165) is 0 Å². The first-order chi connectivity index (χ1) is 9.61. The van der Waals surface area contributed by atoms with E-state index < -0.39 is 0 Å². The van der Waals surface area contributed by atoms with Crippen LogP contribution < -0.4 is 0 Å². The van der Waals surface area contributed by atoms with Gasteiger partial charge in [-0.25, -0.2) is 0 Å². The number of hydrogen-bond donors (Lipinski definition) is 1. The molecule has 0 unspecified atom stereocenters. The maximum Gasteiger partial charge on any atom is 0.255 e. The molecule has 1 amide bonds. The Balaban J connectivity index is 2.22. The number of nitrogens with zero attached hydrogens (tertiary/aromatic N) is 1. The van der Waals surface area contributed by atoms with Crippen LogP contribution in [0.4, 0.5) is 0 Å². The smallest absolute Gasteiger partial charge is 0.255 e. The fraction of sp³-hybridized carbons (Fsp3) is 0.133. The minimum atomic E-state index is -0.277. The normalized spacial score (nSPS) is 10.0. The Morgan fingerprint density at radius 3 is 2.85 bits per heavy atom. The highest BCUT2D eigenvalue weighted by molar-refractivity contribution is 6.32. The molecule has 0 aliphatic carbocycles. The number of benzene rings is 1. The fourth-order valence-electron chi connectivity index (χ4n) is 1.72. The second-order valence-corrected chi connectivity index (χ2v) is 4.52. The van der Waals surface area contributed by atoms with Crippen molar-refractivity contribution >= 4 is 17.5 Å². The molecule has 0 radical (unpaired) electrons. The van der Waals surface area contributed by atoms with Gasteiger partial charge < -0.3 is 14.4 Å².